The lowest BCUT2D eigenvalue weighted by Crippen LogP contribution is -2.30. The van der Waals surface area contributed by atoms with E-state index >= 15 is 0 Å². The molecule has 0 amide bonds. The molecular weight excluding hydrogens is 224 g/mol. The maximum atomic E-state index is 10.5. The molecule has 0 saturated heterocycles. The Morgan fingerprint density at radius 2 is 1.89 bits per heavy atom. The van der Waals surface area contributed by atoms with Gasteiger partial charge in [-0.3, -0.25) is 0 Å². The molecule has 0 radical (unpaired) electrons. The van der Waals surface area contributed by atoms with Crippen LogP contribution in [0.3, 0.4) is 0 Å². The molecule has 0 bridgehead atoms. The van der Waals surface area contributed by atoms with Gasteiger partial charge in [0.25, 0.3) is 0 Å². The van der Waals surface area contributed by atoms with Crippen LogP contribution in [0.5, 0.6) is 5.75 Å². The monoisotopic (exact) mass is 248 g/mol. The second-order valence-corrected chi connectivity index (χ2v) is 6.46. The molecule has 0 aliphatic heterocycles. The van der Waals surface area contributed by atoms with Crippen molar-refractivity contribution in [1.29, 1.82) is 0 Å². The Morgan fingerprint density at radius 1 is 1.28 bits per heavy atom. The first-order valence-corrected chi connectivity index (χ1v) is 6.72. The lowest BCUT2D eigenvalue weighted by Gasteiger charge is -2.27. The van der Waals surface area contributed by atoms with Gasteiger partial charge in [0.2, 0.25) is 0 Å². The van der Waals surface area contributed by atoms with Crippen molar-refractivity contribution >= 4 is 0 Å². The van der Waals surface area contributed by atoms with Gasteiger partial charge in [-0.2, -0.15) is 0 Å². The van der Waals surface area contributed by atoms with E-state index in [9.17, 15) is 5.11 Å². The molecule has 1 aromatic rings. The Hall–Kier alpha value is -1.02. The van der Waals surface area contributed by atoms with Gasteiger partial charge in [0.1, 0.15) is 5.75 Å². The highest BCUT2D eigenvalue weighted by molar-refractivity contribution is 5.27. The molecule has 1 aliphatic carbocycles. The molecule has 2 atom stereocenters. The quantitative estimate of drug-likeness (QED) is 0.884. The highest BCUT2D eigenvalue weighted by Gasteiger charge is 2.59. The number of benzene rings is 1. The van der Waals surface area contributed by atoms with Gasteiger partial charge in [0.15, 0.2) is 0 Å². The molecule has 0 aromatic heterocycles. The van der Waals surface area contributed by atoms with E-state index in [1.165, 1.54) is 5.56 Å². The number of hydrogen-bond acceptors (Lipinski definition) is 2. The van der Waals surface area contributed by atoms with E-state index in [1.807, 2.05) is 12.1 Å². The molecule has 1 aromatic carbocycles. The summed E-state index contributed by atoms with van der Waals surface area (Å²) < 4.78 is 5.14. The van der Waals surface area contributed by atoms with Crippen LogP contribution in [-0.2, 0) is 6.42 Å². The zero-order chi connectivity index (χ0) is 13.4. The largest absolute Gasteiger partial charge is 0.497 e. The maximum absolute atomic E-state index is 10.5. The molecule has 1 fully saturated rings. The zero-order valence-electron chi connectivity index (χ0n) is 11.9. The van der Waals surface area contributed by atoms with E-state index in [2.05, 4.69) is 32.9 Å². The molecule has 2 unspecified atom stereocenters. The molecular formula is C16H24O2. The summed E-state index contributed by atoms with van der Waals surface area (Å²) in [6.45, 7) is 6.38. The molecule has 100 valence electrons. The van der Waals surface area contributed by atoms with Gasteiger partial charge in [-0.05, 0) is 48.3 Å². The molecule has 18 heavy (non-hydrogen) atoms. The van der Waals surface area contributed by atoms with E-state index in [0.717, 1.165) is 25.0 Å². The van der Waals surface area contributed by atoms with Crippen LogP contribution in [0.1, 0.15) is 39.2 Å². The van der Waals surface area contributed by atoms with Gasteiger partial charge in [0.05, 0.1) is 12.7 Å². The second kappa shape index (κ2) is 4.58. The first-order valence-electron chi connectivity index (χ1n) is 6.72. The zero-order valence-corrected chi connectivity index (χ0v) is 11.9. The second-order valence-electron chi connectivity index (χ2n) is 6.46. The Balaban J connectivity index is 1.86. The average Bonchev–Trinajstić information content (AvgIpc) is 3.00. The number of aryl methyl sites for hydroxylation is 1. The van der Waals surface area contributed by atoms with Crippen LogP contribution in [-0.4, -0.2) is 17.8 Å². The van der Waals surface area contributed by atoms with Crippen LogP contribution in [0.2, 0.25) is 0 Å². The molecule has 2 heteroatoms. The minimum atomic E-state index is -0.445. The predicted molar refractivity (Wildman–Crippen MR) is 73.8 cm³/mol. The van der Waals surface area contributed by atoms with Gasteiger partial charge in [-0.1, -0.05) is 32.9 Å². The number of rotatable bonds is 4. The third-order valence-electron chi connectivity index (χ3n) is 4.31. The van der Waals surface area contributed by atoms with Crippen molar-refractivity contribution in [3.8, 4) is 5.75 Å². The summed E-state index contributed by atoms with van der Waals surface area (Å²) in [7, 11) is 1.68. The van der Waals surface area contributed by atoms with Gasteiger partial charge in [0, 0.05) is 0 Å². The van der Waals surface area contributed by atoms with Gasteiger partial charge in [-0.15, -0.1) is 0 Å². The molecule has 1 saturated carbocycles. The summed E-state index contributed by atoms with van der Waals surface area (Å²) in [5, 5.41) is 10.5. The van der Waals surface area contributed by atoms with Gasteiger partial charge >= 0.3 is 0 Å². The van der Waals surface area contributed by atoms with Gasteiger partial charge in [-0.25, -0.2) is 0 Å². The van der Waals surface area contributed by atoms with Crippen LogP contribution in [0, 0.1) is 11.3 Å². The Morgan fingerprint density at radius 3 is 2.33 bits per heavy atom. The fourth-order valence-corrected chi connectivity index (χ4v) is 2.71. The Bertz CT molecular complexity index is 402. The summed E-state index contributed by atoms with van der Waals surface area (Å²) in [5.41, 5.74) is 0.871. The van der Waals surface area contributed by atoms with Crippen LogP contribution >= 0.6 is 0 Å². The minimum Gasteiger partial charge on any atom is -0.497 e. The first-order chi connectivity index (χ1) is 8.37. The van der Waals surface area contributed by atoms with Crippen molar-refractivity contribution in [3.63, 3.8) is 0 Å². The summed E-state index contributed by atoms with van der Waals surface area (Å²) >= 11 is 0. The third kappa shape index (κ3) is 2.54. The van der Waals surface area contributed by atoms with Crippen LogP contribution in [0.4, 0.5) is 0 Å². The van der Waals surface area contributed by atoms with E-state index in [4.69, 9.17) is 4.74 Å². The normalized spacial score (nSPS) is 27.1. The number of aliphatic hydroxyl groups is 1. The summed E-state index contributed by atoms with van der Waals surface area (Å²) in [5.74, 6) is 1.36. The highest BCUT2D eigenvalue weighted by Crippen LogP contribution is 2.56. The van der Waals surface area contributed by atoms with E-state index in [0.29, 0.717) is 5.92 Å². The number of methoxy groups -OCH3 is 1. The van der Waals surface area contributed by atoms with Crippen LogP contribution in [0.15, 0.2) is 24.3 Å². The topological polar surface area (TPSA) is 29.5 Å². The molecule has 0 spiro atoms. The number of ether oxygens (including phenoxy) is 1. The van der Waals surface area contributed by atoms with Crippen molar-refractivity contribution in [3.05, 3.63) is 29.8 Å². The lowest BCUT2D eigenvalue weighted by molar-refractivity contribution is 0.0206. The van der Waals surface area contributed by atoms with Crippen molar-refractivity contribution in [2.24, 2.45) is 11.3 Å². The van der Waals surface area contributed by atoms with Crippen molar-refractivity contribution in [2.75, 3.05) is 7.11 Å². The number of hydrogen-bond donors (Lipinski definition) is 1. The average molecular weight is 248 g/mol. The van der Waals surface area contributed by atoms with E-state index < -0.39 is 5.60 Å². The maximum Gasteiger partial charge on any atom is 0.118 e. The smallest absolute Gasteiger partial charge is 0.118 e. The molecule has 1 aliphatic rings. The Labute approximate surface area is 110 Å². The highest BCUT2D eigenvalue weighted by atomic mass is 16.5. The SMILES string of the molecule is COc1ccc(CCC2CC2(O)C(C)(C)C)cc1. The molecule has 2 nitrogen and oxygen atoms in total. The fraction of sp³-hybridized carbons (Fsp3) is 0.625. The van der Waals surface area contributed by atoms with Crippen molar-refractivity contribution < 1.29 is 9.84 Å². The van der Waals surface area contributed by atoms with E-state index in [-0.39, 0.29) is 5.41 Å². The molecule has 2 rings (SSSR count). The molecule has 0 heterocycles. The summed E-state index contributed by atoms with van der Waals surface area (Å²) in [6, 6.07) is 8.21. The Kier molecular flexibility index (Phi) is 3.41. The first kappa shape index (κ1) is 13.4. The van der Waals surface area contributed by atoms with Crippen molar-refractivity contribution in [1.82, 2.24) is 0 Å². The lowest BCUT2D eigenvalue weighted by atomic mass is 9.84. The van der Waals surface area contributed by atoms with Crippen molar-refractivity contribution in [2.45, 2.75) is 45.6 Å². The van der Waals surface area contributed by atoms with Crippen LogP contribution in [0.25, 0.3) is 0 Å². The summed E-state index contributed by atoms with van der Waals surface area (Å²) in [6.07, 6.45) is 3.06. The van der Waals surface area contributed by atoms with Crippen LogP contribution < -0.4 is 4.74 Å². The predicted octanol–water partition coefficient (Wildman–Crippen LogP) is 3.42. The standard InChI is InChI=1S/C16H24O2/c1-15(2,3)16(17)11-13(16)8-5-12-6-9-14(18-4)10-7-12/h6-7,9-10,13,17H,5,8,11H2,1-4H3. The molecule has 1 N–H and O–H groups in total. The fourth-order valence-electron chi connectivity index (χ4n) is 2.71. The van der Waals surface area contributed by atoms with E-state index in [1.54, 1.807) is 7.11 Å². The third-order valence-corrected chi connectivity index (χ3v) is 4.31. The summed E-state index contributed by atoms with van der Waals surface area (Å²) in [4.78, 5) is 0. The van der Waals surface area contributed by atoms with Gasteiger partial charge < -0.3 is 9.84 Å². The minimum absolute atomic E-state index is 0.00241.